The van der Waals surface area contributed by atoms with E-state index < -0.39 is 29.2 Å². The number of fused-ring (bicyclic) bond motifs is 1. The van der Waals surface area contributed by atoms with Gasteiger partial charge in [-0.2, -0.15) is 5.10 Å². The zero-order valence-corrected chi connectivity index (χ0v) is 16.8. The Hall–Kier alpha value is -2.78. The minimum atomic E-state index is -1.23. The third-order valence-corrected chi connectivity index (χ3v) is 4.89. The fourth-order valence-electron chi connectivity index (χ4n) is 3.25. The maximum atomic E-state index is 12.6. The number of cyclic esters (lactones) is 1. The summed E-state index contributed by atoms with van der Waals surface area (Å²) in [6, 6.07) is -0.146. The molecule has 154 valence electrons. The van der Waals surface area contributed by atoms with Crippen molar-refractivity contribution in [2.24, 2.45) is 5.41 Å². The van der Waals surface area contributed by atoms with Crippen LogP contribution in [-0.2, 0) is 27.4 Å². The van der Waals surface area contributed by atoms with Gasteiger partial charge in [0.15, 0.2) is 0 Å². The fourth-order valence-corrected chi connectivity index (χ4v) is 3.25. The maximum absolute atomic E-state index is 12.6. The highest BCUT2D eigenvalue weighted by molar-refractivity contribution is 5.91. The molecular weight excluding hydrogens is 368 g/mol. The Morgan fingerprint density at radius 2 is 2.07 bits per heavy atom. The van der Waals surface area contributed by atoms with E-state index in [1.165, 1.54) is 18.0 Å². The normalized spacial score (nSPS) is 25.2. The van der Waals surface area contributed by atoms with E-state index in [1.807, 2.05) is 6.92 Å². The Bertz CT molecular complexity index is 813. The molecule has 3 heterocycles. The van der Waals surface area contributed by atoms with E-state index in [-0.39, 0.29) is 25.7 Å². The summed E-state index contributed by atoms with van der Waals surface area (Å²) in [7, 11) is 0. The van der Waals surface area contributed by atoms with Crippen molar-refractivity contribution in [2.75, 3.05) is 18.1 Å². The number of hydrogen-bond donors (Lipinski definition) is 1. The van der Waals surface area contributed by atoms with Crippen LogP contribution in [0.3, 0.4) is 0 Å². The first-order valence-electron chi connectivity index (χ1n) is 9.13. The Morgan fingerprint density at radius 3 is 2.68 bits per heavy atom. The number of carbonyl (C=O) groups is 3. The molecule has 1 aromatic rings. The van der Waals surface area contributed by atoms with E-state index in [2.05, 4.69) is 5.10 Å². The van der Waals surface area contributed by atoms with Gasteiger partial charge >= 0.3 is 18.2 Å². The van der Waals surface area contributed by atoms with E-state index in [1.54, 1.807) is 30.4 Å². The average molecular weight is 394 g/mol. The van der Waals surface area contributed by atoms with Gasteiger partial charge in [0.1, 0.15) is 17.6 Å². The molecule has 2 aliphatic heterocycles. The lowest BCUT2D eigenvalue weighted by molar-refractivity contribution is -0.150. The SMILES string of the molecule is CC1Cn2ncc(N3CC(C)(C(=O)O)COC3=O)c2CN1C(=O)OC(C)(C)C. The van der Waals surface area contributed by atoms with Crippen molar-refractivity contribution in [2.45, 2.75) is 59.4 Å². The standard InChI is InChI=1S/C18H26N4O6/c1-11-7-22-13(8-20(11)16(26)28-17(2,3)4)12(6-19-22)21-9-18(5,14(23)24)10-27-15(21)25/h6,11H,7-10H2,1-5H3,(H,23,24). The number of hydrogen-bond acceptors (Lipinski definition) is 6. The first kappa shape index (κ1) is 20.0. The van der Waals surface area contributed by atoms with Gasteiger partial charge in [-0.25, -0.2) is 9.59 Å². The van der Waals surface area contributed by atoms with Gasteiger partial charge in [0.2, 0.25) is 0 Å². The summed E-state index contributed by atoms with van der Waals surface area (Å²) in [5, 5.41) is 13.8. The summed E-state index contributed by atoms with van der Waals surface area (Å²) in [4.78, 5) is 39.4. The Morgan fingerprint density at radius 1 is 1.39 bits per heavy atom. The second-order valence-corrected chi connectivity index (χ2v) is 8.62. The molecule has 10 heteroatoms. The number of aliphatic carboxylic acids is 1. The van der Waals surface area contributed by atoms with Crippen molar-refractivity contribution in [1.82, 2.24) is 14.7 Å². The van der Waals surface area contributed by atoms with Crippen LogP contribution in [0.25, 0.3) is 0 Å². The number of nitrogens with zero attached hydrogens (tertiary/aromatic N) is 4. The molecule has 2 aliphatic rings. The molecular formula is C18H26N4O6. The molecule has 2 amide bonds. The molecule has 0 aliphatic carbocycles. The van der Waals surface area contributed by atoms with Gasteiger partial charge in [-0.3, -0.25) is 19.3 Å². The molecule has 0 bridgehead atoms. The number of anilines is 1. The van der Waals surface area contributed by atoms with Crippen molar-refractivity contribution in [3.05, 3.63) is 11.9 Å². The molecule has 0 radical (unpaired) electrons. The number of ether oxygens (including phenoxy) is 2. The van der Waals surface area contributed by atoms with Crippen LogP contribution >= 0.6 is 0 Å². The number of carboxylic acids is 1. The lowest BCUT2D eigenvalue weighted by Gasteiger charge is -2.38. The fraction of sp³-hybridized carbons (Fsp3) is 0.667. The van der Waals surface area contributed by atoms with Crippen LogP contribution in [0, 0.1) is 5.41 Å². The van der Waals surface area contributed by atoms with E-state index in [0.29, 0.717) is 17.9 Å². The van der Waals surface area contributed by atoms with E-state index in [0.717, 1.165) is 0 Å². The van der Waals surface area contributed by atoms with Gasteiger partial charge in [0.25, 0.3) is 0 Å². The van der Waals surface area contributed by atoms with Gasteiger partial charge in [0, 0.05) is 6.54 Å². The highest BCUT2D eigenvalue weighted by Crippen LogP contribution is 2.33. The van der Waals surface area contributed by atoms with Gasteiger partial charge in [-0.05, 0) is 34.6 Å². The number of carbonyl (C=O) groups excluding carboxylic acids is 2. The van der Waals surface area contributed by atoms with Crippen molar-refractivity contribution in [3.63, 3.8) is 0 Å². The molecule has 1 aromatic heterocycles. The van der Waals surface area contributed by atoms with Gasteiger partial charge < -0.3 is 14.6 Å². The lowest BCUT2D eigenvalue weighted by Crippen LogP contribution is -2.53. The van der Waals surface area contributed by atoms with E-state index in [9.17, 15) is 19.5 Å². The third kappa shape index (κ3) is 3.63. The Kier molecular flexibility index (Phi) is 4.76. The van der Waals surface area contributed by atoms with Gasteiger partial charge in [-0.1, -0.05) is 0 Å². The van der Waals surface area contributed by atoms with Crippen molar-refractivity contribution in [1.29, 1.82) is 0 Å². The Labute approximate surface area is 163 Å². The summed E-state index contributed by atoms with van der Waals surface area (Å²) < 4.78 is 12.3. The van der Waals surface area contributed by atoms with Crippen LogP contribution in [0.4, 0.5) is 15.3 Å². The van der Waals surface area contributed by atoms with Gasteiger partial charge in [0.05, 0.1) is 36.7 Å². The predicted molar refractivity (Wildman–Crippen MR) is 97.9 cm³/mol. The number of carboxylic acid groups (broad SMARTS) is 1. The highest BCUT2D eigenvalue weighted by atomic mass is 16.6. The van der Waals surface area contributed by atoms with Crippen LogP contribution in [0.15, 0.2) is 6.20 Å². The van der Waals surface area contributed by atoms with Crippen molar-refractivity contribution < 1.29 is 29.0 Å². The average Bonchev–Trinajstić information content (AvgIpc) is 2.97. The monoisotopic (exact) mass is 394 g/mol. The largest absolute Gasteiger partial charge is 0.481 e. The molecule has 1 saturated heterocycles. The quantitative estimate of drug-likeness (QED) is 0.816. The predicted octanol–water partition coefficient (Wildman–Crippen LogP) is 2.07. The molecule has 0 saturated carbocycles. The summed E-state index contributed by atoms with van der Waals surface area (Å²) in [6.07, 6.45) is 0.433. The number of aromatic nitrogens is 2. The molecule has 2 unspecified atom stereocenters. The third-order valence-electron chi connectivity index (χ3n) is 4.89. The highest BCUT2D eigenvalue weighted by Gasteiger charge is 2.45. The van der Waals surface area contributed by atoms with Crippen LogP contribution in [0.1, 0.15) is 40.3 Å². The zero-order valence-electron chi connectivity index (χ0n) is 16.8. The molecule has 0 aromatic carbocycles. The minimum Gasteiger partial charge on any atom is -0.481 e. The molecule has 2 atom stereocenters. The van der Waals surface area contributed by atoms with Crippen LogP contribution in [-0.4, -0.2) is 62.7 Å². The van der Waals surface area contributed by atoms with Crippen molar-refractivity contribution >= 4 is 23.8 Å². The Balaban J connectivity index is 1.89. The van der Waals surface area contributed by atoms with Crippen molar-refractivity contribution in [3.8, 4) is 0 Å². The zero-order chi connectivity index (χ0) is 20.9. The minimum absolute atomic E-state index is 0.0398. The van der Waals surface area contributed by atoms with Gasteiger partial charge in [-0.15, -0.1) is 0 Å². The van der Waals surface area contributed by atoms with Crippen LogP contribution in [0.2, 0.25) is 0 Å². The van der Waals surface area contributed by atoms with E-state index >= 15 is 0 Å². The van der Waals surface area contributed by atoms with E-state index in [4.69, 9.17) is 9.47 Å². The first-order valence-corrected chi connectivity index (χ1v) is 9.13. The summed E-state index contributed by atoms with van der Waals surface area (Å²) in [5.74, 6) is -1.05. The smallest absolute Gasteiger partial charge is 0.414 e. The first-order chi connectivity index (χ1) is 12.9. The van der Waals surface area contributed by atoms with Crippen LogP contribution in [0.5, 0.6) is 0 Å². The number of rotatable bonds is 2. The maximum Gasteiger partial charge on any atom is 0.414 e. The molecule has 1 fully saturated rings. The summed E-state index contributed by atoms with van der Waals surface area (Å²) >= 11 is 0. The second kappa shape index (κ2) is 6.68. The molecule has 28 heavy (non-hydrogen) atoms. The number of amides is 2. The lowest BCUT2D eigenvalue weighted by atomic mass is 9.90. The van der Waals surface area contributed by atoms with Crippen LogP contribution < -0.4 is 4.90 Å². The summed E-state index contributed by atoms with van der Waals surface area (Å²) in [5.41, 5.74) is -0.777. The molecule has 10 nitrogen and oxygen atoms in total. The molecule has 0 spiro atoms. The topological polar surface area (TPSA) is 114 Å². The molecule has 3 rings (SSSR count). The summed E-state index contributed by atoms with van der Waals surface area (Å²) in [6.45, 7) is 9.21. The second-order valence-electron chi connectivity index (χ2n) is 8.62. The molecule has 1 N–H and O–H groups in total.